The molecule has 1 N–H and O–H groups in total. The van der Waals surface area contributed by atoms with Gasteiger partial charge in [-0.2, -0.15) is 0 Å². The first-order valence-electron chi connectivity index (χ1n) is 7.00. The third kappa shape index (κ3) is 3.81. The minimum atomic E-state index is 0.254. The predicted molar refractivity (Wildman–Crippen MR) is 82.1 cm³/mol. The molecular formula is C17H22N2O. The summed E-state index contributed by atoms with van der Waals surface area (Å²) in [6.45, 7) is 5.17. The molecule has 0 spiro atoms. The van der Waals surface area contributed by atoms with Crippen LogP contribution >= 0.6 is 0 Å². The van der Waals surface area contributed by atoms with Gasteiger partial charge in [-0.05, 0) is 37.1 Å². The molecule has 2 aromatic rings. The Morgan fingerprint density at radius 3 is 2.80 bits per heavy atom. The fraction of sp³-hybridized carbons (Fsp3) is 0.353. The molecule has 0 aliphatic carbocycles. The van der Waals surface area contributed by atoms with Crippen molar-refractivity contribution in [2.24, 2.45) is 0 Å². The minimum Gasteiger partial charge on any atom is -0.495 e. The summed E-state index contributed by atoms with van der Waals surface area (Å²) in [7, 11) is 1.67. The Morgan fingerprint density at radius 2 is 2.10 bits per heavy atom. The van der Waals surface area contributed by atoms with Crippen molar-refractivity contribution >= 4 is 0 Å². The second-order valence-electron chi connectivity index (χ2n) is 4.96. The van der Waals surface area contributed by atoms with Gasteiger partial charge in [-0.15, -0.1) is 0 Å². The Kier molecular flexibility index (Phi) is 5.13. The fourth-order valence-corrected chi connectivity index (χ4v) is 2.37. The summed E-state index contributed by atoms with van der Waals surface area (Å²) in [5.41, 5.74) is 3.79. The predicted octanol–water partition coefficient (Wildman–Crippen LogP) is 3.29. The van der Waals surface area contributed by atoms with Crippen LogP contribution in [-0.2, 0) is 6.42 Å². The van der Waals surface area contributed by atoms with E-state index in [9.17, 15) is 0 Å². The van der Waals surface area contributed by atoms with Crippen molar-refractivity contribution in [2.45, 2.75) is 26.3 Å². The lowest BCUT2D eigenvalue weighted by Gasteiger charge is -2.19. The van der Waals surface area contributed by atoms with Crippen LogP contribution in [0.4, 0.5) is 0 Å². The largest absolute Gasteiger partial charge is 0.495 e. The number of aromatic nitrogens is 1. The van der Waals surface area contributed by atoms with Crippen LogP contribution in [0.1, 0.15) is 29.7 Å². The van der Waals surface area contributed by atoms with Crippen molar-refractivity contribution in [3.05, 3.63) is 59.4 Å². The van der Waals surface area contributed by atoms with Crippen molar-refractivity contribution in [1.29, 1.82) is 0 Å². The van der Waals surface area contributed by atoms with Crippen LogP contribution in [0.5, 0.6) is 5.75 Å². The molecule has 1 unspecified atom stereocenters. The van der Waals surface area contributed by atoms with E-state index in [2.05, 4.69) is 54.5 Å². The number of benzene rings is 1. The average molecular weight is 270 g/mol. The molecule has 3 nitrogen and oxygen atoms in total. The Morgan fingerprint density at radius 1 is 1.25 bits per heavy atom. The third-order valence-electron chi connectivity index (χ3n) is 3.35. The quantitative estimate of drug-likeness (QED) is 0.874. The van der Waals surface area contributed by atoms with Crippen molar-refractivity contribution in [3.63, 3.8) is 0 Å². The fourth-order valence-electron chi connectivity index (χ4n) is 2.37. The zero-order chi connectivity index (χ0) is 14.4. The van der Waals surface area contributed by atoms with E-state index in [1.54, 1.807) is 13.3 Å². The topological polar surface area (TPSA) is 34.2 Å². The number of aryl methyl sites for hydroxylation is 1. The molecule has 0 saturated heterocycles. The van der Waals surface area contributed by atoms with Gasteiger partial charge in [-0.25, -0.2) is 0 Å². The van der Waals surface area contributed by atoms with Crippen LogP contribution in [0.15, 0.2) is 42.7 Å². The summed E-state index contributed by atoms with van der Waals surface area (Å²) in [4.78, 5) is 4.25. The van der Waals surface area contributed by atoms with Crippen molar-refractivity contribution in [1.82, 2.24) is 10.3 Å². The zero-order valence-electron chi connectivity index (χ0n) is 12.4. The van der Waals surface area contributed by atoms with E-state index in [0.29, 0.717) is 0 Å². The van der Waals surface area contributed by atoms with Gasteiger partial charge in [0.25, 0.3) is 0 Å². The van der Waals surface area contributed by atoms with Crippen LogP contribution in [0, 0.1) is 6.92 Å². The highest BCUT2D eigenvalue weighted by atomic mass is 16.5. The van der Waals surface area contributed by atoms with Gasteiger partial charge in [0.1, 0.15) is 5.75 Å². The van der Waals surface area contributed by atoms with Gasteiger partial charge in [-0.1, -0.05) is 36.8 Å². The SMILES string of the molecule is CCNC(Cc1cccc(C)c1)c1cncc(OC)c1. The number of nitrogens with zero attached hydrogens (tertiary/aromatic N) is 1. The molecule has 1 aromatic heterocycles. The Bertz CT molecular complexity index is 554. The summed E-state index contributed by atoms with van der Waals surface area (Å²) < 4.78 is 5.26. The number of rotatable bonds is 6. The van der Waals surface area contributed by atoms with Gasteiger partial charge < -0.3 is 10.1 Å². The molecule has 0 fully saturated rings. The van der Waals surface area contributed by atoms with Gasteiger partial charge in [0.15, 0.2) is 0 Å². The highest BCUT2D eigenvalue weighted by molar-refractivity contribution is 5.29. The lowest BCUT2D eigenvalue weighted by molar-refractivity contribution is 0.410. The Labute approximate surface area is 121 Å². The van der Waals surface area contributed by atoms with Gasteiger partial charge in [0.05, 0.1) is 13.3 Å². The van der Waals surface area contributed by atoms with Gasteiger partial charge in [0.2, 0.25) is 0 Å². The van der Waals surface area contributed by atoms with E-state index < -0.39 is 0 Å². The Balaban J connectivity index is 2.21. The number of methoxy groups -OCH3 is 1. The number of hydrogen-bond acceptors (Lipinski definition) is 3. The van der Waals surface area contributed by atoms with E-state index in [-0.39, 0.29) is 6.04 Å². The van der Waals surface area contributed by atoms with E-state index in [1.807, 2.05) is 6.20 Å². The summed E-state index contributed by atoms with van der Waals surface area (Å²) in [5.74, 6) is 0.801. The van der Waals surface area contributed by atoms with Crippen molar-refractivity contribution in [2.75, 3.05) is 13.7 Å². The molecule has 106 valence electrons. The van der Waals surface area contributed by atoms with Gasteiger partial charge in [0, 0.05) is 12.2 Å². The number of nitrogens with one attached hydrogen (secondary N) is 1. The second-order valence-corrected chi connectivity index (χ2v) is 4.96. The van der Waals surface area contributed by atoms with E-state index in [4.69, 9.17) is 4.74 Å². The minimum absolute atomic E-state index is 0.254. The number of likely N-dealkylation sites (N-methyl/N-ethyl adjacent to an activating group) is 1. The molecule has 0 amide bonds. The second kappa shape index (κ2) is 7.06. The Hall–Kier alpha value is -1.87. The summed E-state index contributed by atoms with van der Waals surface area (Å²) in [5, 5.41) is 3.52. The van der Waals surface area contributed by atoms with E-state index >= 15 is 0 Å². The standard InChI is InChI=1S/C17H22N2O/c1-4-19-17(9-14-7-5-6-13(2)8-14)15-10-16(20-3)12-18-11-15/h5-8,10-12,17,19H,4,9H2,1-3H3. The molecule has 0 saturated carbocycles. The first-order chi connectivity index (χ1) is 9.72. The van der Waals surface area contributed by atoms with E-state index in [1.165, 1.54) is 11.1 Å². The molecule has 0 aliphatic rings. The highest BCUT2D eigenvalue weighted by Gasteiger charge is 2.12. The first-order valence-corrected chi connectivity index (χ1v) is 7.00. The molecule has 0 aliphatic heterocycles. The van der Waals surface area contributed by atoms with Crippen molar-refractivity contribution in [3.8, 4) is 5.75 Å². The first kappa shape index (κ1) is 14.5. The smallest absolute Gasteiger partial charge is 0.137 e. The maximum Gasteiger partial charge on any atom is 0.137 e. The molecule has 3 heteroatoms. The molecule has 0 bridgehead atoms. The molecule has 1 heterocycles. The van der Waals surface area contributed by atoms with Gasteiger partial charge in [-0.3, -0.25) is 4.98 Å². The number of hydrogen-bond donors (Lipinski definition) is 1. The van der Waals surface area contributed by atoms with Gasteiger partial charge >= 0.3 is 0 Å². The molecule has 1 aromatic carbocycles. The normalized spacial score (nSPS) is 12.2. The third-order valence-corrected chi connectivity index (χ3v) is 3.35. The van der Waals surface area contributed by atoms with E-state index in [0.717, 1.165) is 24.3 Å². The lowest BCUT2D eigenvalue weighted by Crippen LogP contribution is -2.23. The summed E-state index contributed by atoms with van der Waals surface area (Å²) in [6, 6.07) is 10.9. The van der Waals surface area contributed by atoms with Crippen LogP contribution in [-0.4, -0.2) is 18.6 Å². The number of pyridine rings is 1. The van der Waals surface area contributed by atoms with Crippen LogP contribution in [0.3, 0.4) is 0 Å². The molecule has 2 rings (SSSR count). The highest BCUT2D eigenvalue weighted by Crippen LogP contribution is 2.21. The molecule has 0 radical (unpaired) electrons. The van der Waals surface area contributed by atoms with Crippen molar-refractivity contribution < 1.29 is 4.74 Å². The maximum atomic E-state index is 5.26. The monoisotopic (exact) mass is 270 g/mol. The van der Waals surface area contributed by atoms with Crippen LogP contribution < -0.4 is 10.1 Å². The lowest BCUT2D eigenvalue weighted by atomic mass is 9.99. The van der Waals surface area contributed by atoms with Crippen LogP contribution in [0.2, 0.25) is 0 Å². The average Bonchev–Trinajstić information content (AvgIpc) is 2.47. The molecular weight excluding hydrogens is 248 g/mol. The molecule has 20 heavy (non-hydrogen) atoms. The zero-order valence-corrected chi connectivity index (χ0v) is 12.4. The summed E-state index contributed by atoms with van der Waals surface area (Å²) in [6.07, 6.45) is 4.59. The van der Waals surface area contributed by atoms with Crippen LogP contribution in [0.25, 0.3) is 0 Å². The maximum absolute atomic E-state index is 5.26. The number of ether oxygens (including phenoxy) is 1. The summed E-state index contributed by atoms with van der Waals surface area (Å²) >= 11 is 0. The molecule has 1 atom stereocenters.